The number of hydrogen-bond donors (Lipinski definition) is 0. The highest BCUT2D eigenvalue weighted by Gasteiger charge is 2.22. The fraction of sp³-hybridized carbons (Fsp3) is 0.750. The van der Waals surface area contributed by atoms with Gasteiger partial charge >= 0.3 is 5.97 Å². The van der Waals surface area contributed by atoms with Crippen LogP contribution in [0.25, 0.3) is 0 Å². The molecule has 0 aliphatic heterocycles. The van der Waals surface area contributed by atoms with E-state index in [2.05, 4.69) is 0 Å². The van der Waals surface area contributed by atoms with E-state index in [1.807, 2.05) is 0 Å². The van der Waals surface area contributed by atoms with Crippen LogP contribution < -0.4 is 0 Å². The third-order valence-corrected chi connectivity index (χ3v) is 2.72. The van der Waals surface area contributed by atoms with Gasteiger partial charge in [-0.2, -0.15) is 0 Å². The van der Waals surface area contributed by atoms with Crippen LogP contribution in [0.5, 0.6) is 0 Å². The summed E-state index contributed by atoms with van der Waals surface area (Å²) in [6.07, 6.45) is 3.47. The third-order valence-electron chi connectivity index (χ3n) is 2.72. The average Bonchev–Trinajstić information content (AvgIpc) is 2.21. The lowest BCUT2D eigenvalue weighted by Gasteiger charge is -2.16. The van der Waals surface area contributed by atoms with Crippen molar-refractivity contribution in [1.29, 1.82) is 0 Å². The van der Waals surface area contributed by atoms with E-state index in [1.165, 1.54) is 6.92 Å². The Labute approximate surface area is 95.3 Å². The van der Waals surface area contributed by atoms with Crippen molar-refractivity contribution in [3.63, 3.8) is 0 Å². The number of Topliss-reactive ketones (excluding diaryl/α,β-unsaturated/α-hetero) is 2. The molecular formula is C12H18O4. The molecule has 1 unspecified atom stereocenters. The summed E-state index contributed by atoms with van der Waals surface area (Å²) in [4.78, 5) is 33.8. The molecule has 0 amide bonds. The van der Waals surface area contributed by atoms with Crippen molar-refractivity contribution in [2.24, 2.45) is 0 Å². The average molecular weight is 226 g/mol. The van der Waals surface area contributed by atoms with E-state index in [0.29, 0.717) is 32.1 Å². The smallest absolute Gasteiger partial charge is 0.303 e. The lowest BCUT2D eigenvalue weighted by atomic mass is 9.97. The molecule has 0 aromatic heterocycles. The van der Waals surface area contributed by atoms with E-state index >= 15 is 0 Å². The summed E-state index contributed by atoms with van der Waals surface area (Å²) in [5, 5.41) is 0. The van der Waals surface area contributed by atoms with Crippen LogP contribution >= 0.6 is 0 Å². The molecular weight excluding hydrogens is 208 g/mol. The van der Waals surface area contributed by atoms with Gasteiger partial charge in [0.1, 0.15) is 5.78 Å². The molecule has 1 aliphatic rings. The van der Waals surface area contributed by atoms with Crippen molar-refractivity contribution >= 4 is 17.5 Å². The van der Waals surface area contributed by atoms with Gasteiger partial charge in [0, 0.05) is 26.2 Å². The molecule has 1 fully saturated rings. The van der Waals surface area contributed by atoms with Crippen molar-refractivity contribution in [2.75, 3.05) is 0 Å². The standard InChI is InChI=1S/C12H18O4/c1-9(13)16-12-8-3-2-5-10(14)6-4-7-11(12)15/h12H,2-8H2,1H3. The van der Waals surface area contributed by atoms with Gasteiger partial charge in [0.15, 0.2) is 11.9 Å². The summed E-state index contributed by atoms with van der Waals surface area (Å²) < 4.78 is 4.99. The minimum atomic E-state index is -0.592. The topological polar surface area (TPSA) is 60.4 Å². The fourth-order valence-corrected chi connectivity index (χ4v) is 1.88. The number of carbonyl (C=O) groups excluding carboxylic acids is 3. The molecule has 0 N–H and O–H groups in total. The zero-order valence-corrected chi connectivity index (χ0v) is 9.66. The quantitative estimate of drug-likeness (QED) is 0.640. The minimum absolute atomic E-state index is 0.0510. The third kappa shape index (κ3) is 4.55. The van der Waals surface area contributed by atoms with Crippen LogP contribution in [-0.2, 0) is 19.1 Å². The van der Waals surface area contributed by atoms with Crippen molar-refractivity contribution in [3.8, 4) is 0 Å². The normalized spacial score (nSPS) is 23.9. The molecule has 1 atom stereocenters. The second-order valence-corrected chi connectivity index (χ2v) is 4.20. The molecule has 0 saturated heterocycles. The molecule has 4 nitrogen and oxygen atoms in total. The summed E-state index contributed by atoms with van der Waals surface area (Å²) in [5.41, 5.74) is 0. The number of ether oxygens (including phenoxy) is 1. The van der Waals surface area contributed by atoms with Gasteiger partial charge in [-0.05, 0) is 25.7 Å². The molecule has 0 bridgehead atoms. The van der Waals surface area contributed by atoms with Crippen molar-refractivity contribution in [2.45, 2.75) is 58.0 Å². The first-order valence-corrected chi connectivity index (χ1v) is 5.81. The lowest BCUT2D eigenvalue weighted by molar-refractivity contribution is -0.153. The SMILES string of the molecule is CC(=O)OC1CCCCC(=O)CCCC1=O. The van der Waals surface area contributed by atoms with E-state index in [1.54, 1.807) is 0 Å². The molecule has 1 rings (SSSR count). The molecule has 90 valence electrons. The zero-order chi connectivity index (χ0) is 12.0. The first-order valence-electron chi connectivity index (χ1n) is 5.81. The molecule has 1 aliphatic carbocycles. The van der Waals surface area contributed by atoms with Crippen LogP contribution in [0.3, 0.4) is 0 Å². The highest BCUT2D eigenvalue weighted by atomic mass is 16.5. The molecule has 0 spiro atoms. The Balaban J connectivity index is 2.52. The number of esters is 1. The number of rotatable bonds is 1. The van der Waals surface area contributed by atoms with Gasteiger partial charge in [0.05, 0.1) is 0 Å². The van der Waals surface area contributed by atoms with Gasteiger partial charge in [-0.25, -0.2) is 0 Å². The van der Waals surface area contributed by atoms with E-state index in [-0.39, 0.29) is 11.6 Å². The summed E-state index contributed by atoms with van der Waals surface area (Å²) >= 11 is 0. The number of carbonyl (C=O) groups is 3. The minimum Gasteiger partial charge on any atom is -0.455 e. The Morgan fingerprint density at radius 2 is 1.81 bits per heavy atom. The first-order chi connectivity index (χ1) is 7.59. The Morgan fingerprint density at radius 3 is 2.50 bits per heavy atom. The molecule has 16 heavy (non-hydrogen) atoms. The van der Waals surface area contributed by atoms with E-state index in [4.69, 9.17) is 4.74 Å². The largest absolute Gasteiger partial charge is 0.455 e. The molecule has 0 heterocycles. The van der Waals surface area contributed by atoms with Crippen LogP contribution in [0.15, 0.2) is 0 Å². The van der Waals surface area contributed by atoms with Gasteiger partial charge in [0.25, 0.3) is 0 Å². The van der Waals surface area contributed by atoms with Crippen LogP contribution in [-0.4, -0.2) is 23.6 Å². The van der Waals surface area contributed by atoms with E-state index in [0.717, 1.165) is 12.8 Å². The van der Waals surface area contributed by atoms with Gasteiger partial charge in [-0.15, -0.1) is 0 Å². The van der Waals surface area contributed by atoms with E-state index < -0.39 is 12.1 Å². The fourth-order valence-electron chi connectivity index (χ4n) is 1.88. The molecule has 0 aromatic carbocycles. The maximum Gasteiger partial charge on any atom is 0.303 e. The second-order valence-electron chi connectivity index (χ2n) is 4.20. The highest BCUT2D eigenvalue weighted by Crippen LogP contribution is 2.15. The maximum atomic E-state index is 11.7. The van der Waals surface area contributed by atoms with Crippen molar-refractivity contribution < 1.29 is 19.1 Å². The highest BCUT2D eigenvalue weighted by molar-refractivity contribution is 5.86. The molecule has 0 aromatic rings. The number of hydrogen-bond acceptors (Lipinski definition) is 4. The molecule has 4 heteroatoms. The maximum absolute atomic E-state index is 11.7. The summed E-state index contributed by atoms with van der Waals surface area (Å²) in [5.74, 6) is -0.227. The monoisotopic (exact) mass is 226 g/mol. The Hall–Kier alpha value is -1.19. The predicted octanol–water partition coefficient (Wildman–Crippen LogP) is 1.80. The Kier molecular flexibility index (Phi) is 5.15. The number of ketones is 2. The van der Waals surface area contributed by atoms with Gasteiger partial charge in [0.2, 0.25) is 0 Å². The summed E-state index contributed by atoms with van der Waals surface area (Å²) in [6, 6.07) is 0. The van der Waals surface area contributed by atoms with Crippen LogP contribution in [0.4, 0.5) is 0 Å². The summed E-state index contributed by atoms with van der Waals surface area (Å²) in [6.45, 7) is 1.32. The Morgan fingerprint density at radius 1 is 1.12 bits per heavy atom. The predicted molar refractivity (Wildman–Crippen MR) is 57.9 cm³/mol. The molecule has 1 saturated carbocycles. The second kappa shape index (κ2) is 6.40. The van der Waals surface area contributed by atoms with Crippen LogP contribution in [0.2, 0.25) is 0 Å². The zero-order valence-electron chi connectivity index (χ0n) is 9.66. The van der Waals surface area contributed by atoms with Gasteiger partial charge < -0.3 is 4.74 Å². The van der Waals surface area contributed by atoms with Gasteiger partial charge in [-0.3, -0.25) is 14.4 Å². The van der Waals surface area contributed by atoms with Gasteiger partial charge in [-0.1, -0.05) is 0 Å². The molecule has 0 radical (unpaired) electrons. The van der Waals surface area contributed by atoms with E-state index in [9.17, 15) is 14.4 Å². The summed E-state index contributed by atoms with van der Waals surface area (Å²) in [7, 11) is 0. The van der Waals surface area contributed by atoms with Crippen molar-refractivity contribution in [1.82, 2.24) is 0 Å². The van der Waals surface area contributed by atoms with Crippen LogP contribution in [0.1, 0.15) is 51.9 Å². The van der Waals surface area contributed by atoms with Crippen molar-refractivity contribution in [3.05, 3.63) is 0 Å². The first kappa shape index (κ1) is 12.9. The Bertz CT molecular complexity index is 283. The van der Waals surface area contributed by atoms with Crippen LogP contribution in [0, 0.1) is 0 Å². The lowest BCUT2D eigenvalue weighted by Crippen LogP contribution is -2.27.